The van der Waals surface area contributed by atoms with E-state index in [1.807, 2.05) is 33.8 Å². The predicted octanol–water partition coefficient (Wildman–Crippen LogP) is 2.36. The van der Waals surface area contributed by atoms with Gasteiger partial charge in [-0.15, -0.1) is 5.10 Å². The average molecular weight is 317 g/mol. The van der Waals surface area contributed by atoms with E-state index in [4.69, 9.17) is 4.74 Å². The van der Waals surface area contributed by atoms with Gasteiger partial charge in [-0.3, -0.25) is 4.79 Å². The minimum atomic E-state index is -0.100. The molecular formula is C16H23N5O2. The van der Waals surface area contributed by atoms with Crippen molar-refractivity contribution in [3.05, 3.63) is 35.7 Å². The highest BCUT2D eigenvalue weighted by atomic mass is 16.5. The molecule has 1 amide bonds. The van der Waals surface area contributed by atoms with Gasteiger partial charge >= 0.3 is 0 Å². The number of carbonyl (C=O) groups is 1. The first-order valence-corrected chi connectivity index (χ1v) is 7.81. The number of hydrogen-bond donors (Lipinski definition) is 1. The number of aromatic nitrogens is 4. The van der Waals surface area contributed by atoms with Crippen LogP contribution in [0, 0.1) is 0 Å². The lowest BCUT2D eigenvalue weighted by Gasteiger charge is -2.12. The third kappa shape index (κ3) is 4.51. The summed E-state index contributed by atoms with van der Waals surface area (Å²) >= 11 is 0. The van der Waals surface area contributed by atoms with E-state index in [2.05, 4.69) is 20.8 Å². The molecular weight excluding hydrogens is 294 g/mol. The van der Waals surface area contributed by atoms with Crippen LogP contribution in [0.2, 0.25) is 0 Å². The highest BCUT2D eigenvalue weighted by Gasteiger charge is 2.12. The van der Waals surface area contributed by atoms with Crippen molar-refractivity contribution in [1.29, 1.82) is 0 Å². The largest absolute Gasteiger partial charge is 0.486 e. The van der Waals surface area contributed by atoms with Gasteiger partial charge in [-0.2, -0.15) is 0 Å². The molecule has 7 nitrogen and oxygen atoms in total. The van der Waals surface area contributed by atoms with Crippen LogP contribution in [0.25, 0.3) is 0 Å². The van der Waals surface area contributed by atoms with Crippen LogP contribution in [-0.2, 0) is 6.61 Å². The first kappa shape index (κ1) is 16.9. The smallest absolute Gasteiger partial charge is 0.251 e. The van der Waals surface area contributed by atoms with Gasteiger partial charge < -0.3 is 10.1 Å². The summed E-state index contributed by atoms with van der Waals surface area (Å²) in [7, 11) is 0. The SMILES string of the molecule is CCC(C)NC(=O)c1cccc(OCc2nnnn2C(C)C)c1. The molecule has 2 rings (SSSR count). The van der Waals surface area contributed by atoms with E-state index in [9.17, 15) is 4.79 Å². The molecule has 0 aliphatic carbocycles. The number of amides is 1. The summed E-state index contributed by atoms with van der Waals surface area (Å²) in [6.45, 7) is 8.26. The maximum absolute atomic E-state index is 12.1. The van der Waals surface area contributed by atoms with Crippen LogP contribution in [0.4, 0.5) is 0 Å². The van der Waals surface area contributed by atoms with Gasteiger partial charge in [0, 0.05) is 11.6 Å². The van der Waals surface area contributed by atoms with Crippen LogP contribution in [0.15, 0.2) is 24.3 Å². The van der Waals surface area contributed by atoms with Gasteiger partial charge in [-0.1, -0.05) is 13.0 Å². The third-order valence-electron chi connectivity index (χ3n) is 3.50. The molecule has 1 heterocycles. The normalized spacial score (nSPS) is 12.2. The summed E-state index contributed by atoms with van der Waals surface area (Å²) in [6, 6.07) is 7.40. The lowest BCUT2D eigenvalue weighted by Crippen LogP contribution is -2.31. The Morgan fingerprint density at radius 3 is 2.83 bits per heavy atom. The van der Waals surface area contributed by atoms with Crippen molar-refractivity contribution in [3.8, 4) is 5.75 Å². The Bertz CT molecular complexity index is 653. The molecule has 0 bridgehead atoms. The summed E-state index contributed by atoms with van der Waals surface area (Å²) in [6.07, 6.45) is 0.889. The number of ether oxygens (including phenoxy) is 1. The topological polar surface area (TPSA) is 81.9 Å². The molecule has 0 fully saturated rings. The monoisotopic (exact) mass is 317 g/mol. The molecule has 1 aromatic heterocycles. The Labute approximate surface area is 136 Å². The number of carbonyl (C=O) groups excluding carboxylic acids is 1. The van der Waals surface area contributed by atoms with Gasteiger partial charge in [0.25, 0.3) is 5.91 Å². The molecule has 1 aromatic carbocycles. The van der Waals surface area contributed by atoms with E-state index >= 15 is 0 Å². The Balaban J connectivity index is 2.02. The molecule has 124 valence electrons. The molecule has 0 spiro atoms. The van der Waals surface area contributed by atoms with Crippen molar-refractivity contribution in [2.45, 2.75) is 52.8 Å². The van der Waals surface area contributed by atoms with Gasteiger partial charge in [0.2, 0.25) is 0 Å². The fourth-order valence-corrected chi connectivity index (χ4v) is 1.99. The van der Waals surface area contributed by atoms with E-state index in [-0.39, 0.29) is 24.6 Å². The highest BCUT2D eigenvalue weighted by Crippen LogP contribution is 2.15. The molecule has 23 heavy (non-hydrogen) atoms. The quantitative estimate of drug-likeness (QED) is 0.847. The molecule has 0 aliphatic heterocycles. The van der Waals surface area contributed by atoms with Crippen LogP contribution in [0.3, 0.4) is 0 Å². The molecule has 0 radical (unpaired) electrons. The van der Waals surface area contributed by atoms with Crippen molar-refractivity contribution in [3.63, 3.8) is 0 Å². The Morgan fingerprint density at radius 1 is 1.35 bits per heavy atom. The predicted molar refractivity (Wildman–Crippen MR) is 86.2 cm³/mol. The van der Waals surface area contributed by atoms with E-state index in [1.165, 1.54) is 0 Å². The van der Waals surface area contributed by atoms with Crippen molar-refractivity contribution in [2.75, 3.05) is 0 Å². The van der Waals surface area contributed by atoms with Crippen LogP contribution in [0.1, 0.15) is 56.3 Å². The maximum atomic E-state index is 12.1. The molecule has 1 unspecified atom stereocenters. The molecule has 0 aliphatic rings. The molecule has 0 saturated heterocycles. The molecule has 0 saturated carbocycles. The number of tetrazole rings is 1. The average Bonchev–Trinajstić information content (AvgIpc) is 3.01. The van der Waals surface area contributed by atoms with Crippen molar-refractivity contribution < 1.29 is 9.53 Å². The first-order valence-electron chi connectivity index (χ1n) is 7.81. The summed E-state index contributed by atoms with van der Waals surface area (Å²) in [5.74, 6) is 1.16. The third-order valence-corrected chi connectivity index (χ3v) is 3.50. The van der Waals surface area contributed by atoms with Gasteiger partial charge in [0.1, 0.15) is 12.4 Å². The van der Waals surface area contributed by atoms with Crippen LogP contribution < -0.4 is 10.1 Å². The molecule has 2 aromatic rings. The minimum absolute atomic E-state index is 0.100. The van der Waals surface area contributed by atoms with Crippen LogP contribution in [-0.4, -0.2) is 32.2 Å². The number of hydrogen-bond acceptors (Lipinski definition) is 5. The lowest BCUT2D eigenvalue weighted by molar-refractivity contribution is 0.0938. The zero-order valence-corrected chi connectivity index (χ0v) is 14.0. The number of benzene rings is 1. The second-order valence-electron chi connectivity index (χ2n) is 5.73. The lowest BCUT2D eigenvalue weighted by atomic mass is 10.2. The summed E-state index contributed by atoms with van der Waals surface area (Å²) in [5.41, 5.74) is 0.575. The standard InChI is InChI=1S/C16H23N5O2/c1-5-12(4)17-16(22)13-7-6-8-14(9-13)23-10-15-18-19-20-21(15)11(2)3/h6-9,11-12H,5,10H2,1-4H3,(H,17,22). The number of nitrogens with zero attached hydrogens (tertiary/aromatic N) is 4. The van der Waals surface area contributed by atoms with Crippen LogP contribution in [0.5, 0.6) is 5.75 Å². The number of rotatable bonds is 7. The second-order valence-corrected chi connectivity index (χ2v) is 5.73. The Kier molecular flexibility index (Phi) is 5.67. The molecule has 1 N–H and O–H groups in total. The van der Waals surface area contributed by atoms with Gasteiger partial charge in [-0.05, 0) is 55.8 Å². The minimum Gasteiger partial charge on any atom is -0.486 e. The van der Waals surface area contributed by atoms with E-state index in [1.54, 1.807) is 22.9 Å². The summed E-state index contributed by atoms with van der Waals surface area (Å²) in [5, 5.41) is 14.5. The van der Waals surface area contributed by atoms with E-state index in [0.29, 0.717) is 17.1 Å². The van der Waals surface area contributed by atoms with Gasteiger partial charge in [0.05, 0.1) is 6.04 Å². The van der Waals surface area contributed by atoms with Gasteiger partial charge in [0.15, 0.2) is 5.82 Å². The summed E-state index contributed by atoms with van der Waals surface area (Å²) in [4.78, 5) is 12.1. The second kappa shape index (κ2) is 7.71. The maximum Gasteiger partial charge on any atom is 0.251 e. The highest BCUT2D eigenvalue weighted by molar-refractivity contribution is 5.94. The number of nitrogens with one attached hydrogen (secondary N) is 1. The van der Waals surface area contributed by atoms with E-state index < -0.39 is 0 Å². The van der Waals surface area contributed by atoms with Crippen molar-refractivity contribution >= 4 is 5.91 Å². The molecule has 1 atom stereocenters. The zero-order chi connectivity index (χ0) is 16.8. The Morgan fingerprint density at radius 2 is 2.13 bits per heavy atom. The van der Waals surface area contributed by atoms with Crippen LogP contribution >= 0.6 is 0 Å². The van der Waals surface area contributed by atoms with Crippen molar-refractivity contribution in [1.82, 2.24) is 25.5 Å². The van der Waals surface area contributed by atoms with Crippen molar-refractivity contribution in [2.24, 2.45) is 0 Å². The Hall–Kier alpha value is -2.44. The summed E-state index contributed by atoms with van der Waals surface area (Å²) < 4.78 is 7.43. The van der Waals surface area contributed by atoms with Gasteiger partial charge in [-0.25, -0.2) is 4.68 Å². The first-order chi connectivity index (χ1) is 11.0. The van der Waals surface area contributed by atoms with E-state index in [0.717, 1.165) is 6.42 Å². The fraction of sp³-hybridized carbons (Fsp3) is 0.500. The fourth-order valence-electron chi connectivity index (χ4n) is 1.99. The zero-order valence-electron chi connectivity index (χ0n) is 14.0. The molecule has 7 heteroatoms.